The molecular formula is C32H33N3O3. The second kappa shape index (κ2) is 11.1. The largest absolute Gasteiger partial charge is 0.478 e. The predicted octanol–water partition coefficient (Wildman–Crippen LogP) is 6.76. The van der Waals surface area contributed by atoms with Crippen LogP contribution in [0.25, 0.3) is 28.2 Å². The van der Waals surface area contributed by atoms with Crippen molar-refractivity contribution >= 4 is 34.7 Å². The van der Waals surface area contributed by atoms with E-state index in [1.54, 1.807) is 6.08 Å². The maximum Gasteiger partial charge on any atom is 0.328 e. The van der Waals surface area contributed by atoms with Crippen molar-refractivity contribution in [3.05, 3.63) is 89.8 Å². The maximum atomic E-state index is 13.7. The minimum Gasteiger partial charge on any atom is -0.478 e. The number of hydrogen-bond donors (Lipinski definition) is 1. The topological polar surface area (TPSA) is 75.4 Å². The highest BCUT2D eigenvalue weighted by Gasteiger charge is 2.27. The third-order valence-corrected chi connectivity index (χ3v) is 7.55. The number of rotatable bonds is 7. The van der Waals surface area contributed by atoms with Gasteiger partial charge in [0.25, 0.3) is 0 Å². The number of hydrogen-bond acceptors (Lipinski definition) is 3. The number of amides is 1. The number of aryl methyl sites for hydroxylation is 2. The van der Waals surface area contributed by atoms with Gasteiger partial charge in [-0.05, 0) is 72.4 Å². The van der Waals surface area contributed by atoms with Gasteiger partial charge in [-0.15, -0.1) is 0 Å². The number of carbonyl (C=O) groups excluding carboxylic acids is 1. The molecule has 1 fully saturated rings. The van der Waals surface area contributed by atoms with Crippen LogP contribution in [0.3, 0.4) is 0 Å². The summed E-state index contributed by atoms with van der Waals surface area (Å²) in [5, 5.41) is 9.02. The molecule has 1 aliphatic carbocycles. The average Bonchev–Trinajstić information content (AvgIpc) is 3.23. The number of aromatic nitrogens is 2. The summed E-state index contributed by atoms with van der Waals surface area (Å²) in [5.74, 6) is 0.154. The van der Waals surface area contributed by atoms with Crippen LogP contribution in [0.4, 0.5) is 5.69 Å². The number of anilines is 1. The zero-order valence-corrected chi connectivity index (χ0v) is 21.9. The number of carboxylic acids is 1. The third-order valence-electron chi connectivity index (χ3n) is 7.55. The predicted molar refractivity (Wildman–Crippen MR) is 152 cm³/mol. The number of carbonyl (C=O) groups is 2. The first-order valence-electron chi connectivity index (χ1n) is 13.2. The summed E-state index contributed by atoms with van der Waals surface area (Å²) < 4.78 is 2.10. The van der Waals surface area contributed by atoms with E-state index in [0.29, 0.717) is 6.54 Å². The molecule has 1 saturated carbocycles. The van der Waals surface area contributed by atoms with Crippen LogP contribution in [0.15, 0.2) is 72.8 Å². The number of carboxylic acid groups (broad SMARTS) is 1. The van der Waals surface area contributed by atoms with E-state index < -0.39 is 5.97 Å². The Morgan fingerprint density at radius 1 is 1.00 bits per heavy atom. The van der Waals surface area contributed by atoms with Gasteiger partial charge in [-0.2, -0.15) is 0 Å². The van der Waals surface area contributed by atoms with Crippen LogP contribution in [-0.2, 0) is 23.2 Å². The fourth-order valence-corrected chi connectivity index (χ4v) is 5.31. The van der Waals surface area contributed by atoms with E-state index in [2.05, 4.69) is 52.0 Å². The van der Waals surface area contributed by atoms with Gasteiger partial charge >= 0.3 is 5.97 Å². The molecule has 1 aliphatic rings. The first kappa shape index (κ1) is 25.5. The van der Waals surface area contributed by atoms with Crippen LogP contribution >= 0.6 is 0 Å². The normalized spacial score (nSPS) is 14.3. The molecule has 6 nitrogen and oxygen atoms in total. The summed E-state index contributed by atoms with van der Waals surface area (Å²) in [5.41, 5.74) is 6.91. The Hall–Kier alpha value is -4.19. The van der Waals surface area contributed by atoms with Gasteiger partial charge in [0.15, 0.2) is 0 Å². The summed E-state index contributed by atoms with van der Waals surface area (Å²) in [4.78, 5) is 31.2. The van der Waals surface area contributed by atoms with E-state index in [0.717, 1.165) is 76.6 Å². The van der Waals surface area contributed by atoms with Crippen molar-refractivity contribution in [2.24, 2.45) is 13.0 Å². The highest BCUT2D eigenvalue weighted by Crippen LogP contribution is 2.30. The molecule has 6 heteroatoms. The van der Waals surface area contributed by atoms with Crippen LogP contribution in [0, 0.1) is 12.8 Å². The monoisotopic (exact) mass is 507 g/mol. The molecule has 194 valence electrons. The Bertz CT molecular complexity index is 1490. The molecule has 1 N–H and O–H groups in total. The number of nitrogens with zero attached hydrogens (tertiary/aromatic N) is 3. The molecule has 5 rings (SSSR count). The molecule has 1 amide bonds. The first-order chi connectivity index (χ1) is 18.4. The molecule has 0 aliphatic heterocycles. The Labute approximate surface area is 223 Å². The van der Waals surface area contributed by atoms with E-state index in [4.69, 9.17) is 5.11 Å². The molecule has 0 spiro atoms. The van der Waals surface area contributed by atoms with Crippen LogP contribution in [0.1, 0.15) is 49.1 Å². The van der Waals surface area contributed by atoms with Crippen LogP contribution in [-0.4, -0.2) is 26.5 Å². The number of fused-ring (bicyclic) bond motifs is 1. The fraction of sp³-hybridized carbons (Fsp3) is 0.281. The zero-order valence-electron chi connectivity index (χ0n) is 21.9. The van der Waals surface area contributed by atoms with Gasteiger partial charge in [-0.1, -0.05) is 61.7 Å². The van der Waals surface area contributed by atoms with Crippen molar-refractivity contribution in [3.63, 3.8) is 0 Å². The van der Waals surface area contributed by atoms with E-state index >= 15 is 0 Å². The van der Waals surface area contributed by atoms with Gasteiger partial charge in [-0.3, -0.25) is 4.79 Å². The Balaban J connectivity index is 1.42. The van der Waals surface area contributed by atoms with Gasteiger partial charge in [-0.25, -0.2) is 9.78 Å². The molecule has 0 unspecified atom stereocenters. The average molecular weight is 508 g/mol. The van der Waals surface area contributed by atoms with Crippen molar-refractivity contribution < 1.29 is 14.7 Å². The number of aliphatic carboxylic acids is 1. The quantitative estimate of drug-likeness (QED) is 0.281. The second-order valence-electron chi connectivity index (χ2n) is 10.1. The van der Waals surface area contributed by atoms with Gasteiger partial charge in [0.05, 0.1) is 17.6 Å². The van der Waals surface area contributed by atoms with E-state index in [1.807, 2.05) is 43.1 Å². The number of imidazole rings is 1. The van der Waals surface area contributed by atoms with Crippen molar-refractivity contribution in [1.82, 2.24) is 9.55 Å². The smallest absolute Gasteiger partial charge is 0.328 e. The van der Waals surface area contributed by atoms with Crippen molar-refractivity contribution in [2.45, 2.75) is 45.6 Å². The minimum absolute atomic E-state index is 0.0234. The van der Waals surface area contributed by atoms with Crippen molar-refractivity contribution in [2.75, 3.05) is 4.90 Å². The maximum absolute atomic E-state index is 13.7. The molecule has 3 aromatic carbocycles. The Morgan fingerprint density at radius 3 is 2.47 bits per heavy atom. The molecule has 0 radical (unpaired) electrons. The first-order valence-corrected chi connectivity index (χ1v) is 13.2. The van der Waals surface area contributed by atoms with Crippen LogP contribution in [0.2, 0.25) is 0 Å². The lowest BCUT2D eigenvalue weighted by Crippen LogP contribution is -2.36. The standard InChI is InChI=1S/C32H33N3O3/c1-22-33-29-17-16-27(20-30(29)34(22)2)25-14-11-24(12-15-25)21-35(32(38)26-8-4-3-5-9-26)28-10-6-7-23(19-28)13-18-31(36)37/h6-7,10-20,26H,3-5,8-9,21H2,1-2H3,(H,36,37). The molecule has 1 heterocycles. The second-order valence-corrected chi connectivity index (χ2v) is 10.1. The summed E-state index contributed by atoms with van der Waals surface area (Å²) in [6.45, 7) is 2.47. The van der Waals surface area contributed by atoms with Gasteiger partial charge in [0.2, 0.25) is 5.91 Å². The molecule has 0 saturated heterocycles. The Kier molecular flexibility index (Phi) is 7.40. The summed E-state index contributed by atoms with van der Waals surface area (Å²) in [7, 11) is 2.03. The highest BCUT2D eigenvalue weighted by molar-refractivity contribution is 5.95. The highest BCUT2D eigenvalue weighted by atomic mass is 16.4. The van der Waals surface area contributed by atoms with Crippen LogP contribution < -0.4 is 4.90 Å². The van der Waals surface area contributed by atoms with Crippen LogP contribution in [0.5, 0.6) is 0 Å². The van der Waals surface area contributed by atoms with E-state index in [9.17, 15) is 9.59 Å². The molecule has 1 aromatic heterocycles. The fourth-order valence-electron chi connectivity index (χ4n) is 5.31. The van der Waals surface area contributed by atoms with Gasteiger partial charge in [0, 0.05) is 24.7 Å². The SMILES string of the molecule is Cc1nc2ccc(-c3ccc(CN(C(=O)C4CCCCC4)c4cccc(C=CC(=O)O)c4)cc3)cc2n1C. The summed E-state index contributed by atoms with van der Waals surface area (Å²) in [6.07, 6.45) is 7.87. The van der Waals surface area contributed by atoms with Gasteiger partial charge < -0.3 is 14.6 Å². The lowest BCUT2D eigenvalue weighted by Gasteiger charge is -2.30. The van der Waals surface area contributed by atoms with Gasteiger partial charge in [0.1, 0.15) is 5.82 Å². The Morgan fingerprint density at radius 2 is 1.74 bits per heavy atom. The summed E-state index contributed by atoms with van der Waals surface area (Å²) >= 11 is 0. The van der Waals surface area contributed by atoms with E-state index in [-0.39, 0.29) is 11.8 Å². The third kappa shape index (κ3) is 5.54. The molecule has 4 aromatic rings. The number of benzene rings is 3. The summed E-state index contributed by atoms with van der Waals surface area (Å²) in [6, 6.07) is 22.2. The molecule has 38 heavy (non-hydrogen) atoms. The molecular weight excluding hydrogens is 474 g/mol. The molecule has 0 bridgehead atoms. The van der Waals surface area contributed by atoms with Crippen molar-refractivity contribution in [1.29, 1.82) is 0 Å². The van der Waals surface area contributed by atoms with Crippen molar-refractivity contribution in [3.8, 4) is 11.1 Å². The lowest BCUT2D eigenvalue weighted by molar-refractivity contribution is -0.131. The minimum atomic E-state index is -0.997. The van der Waals surface area contributed by atoms with E-state index in [1.165, 1.54) is 6.42 Å². The zero-order chi connectivity index (χ0) is 26.6. The lowest BCUT2D eigenvalue weighted by atomic mass is 9.88. The molecule has 0 atom stereocenters.